The van der Waals surface area contributed by atoms with E-state index in [2.05, 4.69) is 20.4 Å². The molecule has 3 heterocycles. The number of carbonyl (C=O) groups is 1. The number of carbonyl (C=O) groups excluding carboxylic acids is 1. The van der Waals surface area contributed by atoms with Crippen molar-refractivity contribution >= 4 is 11.9 Å². The Hall–Kier alpha value is -2.48. The molecule has 0 spiro atoms. The number of fused-ring (bicyclic) bond motifs is 1. The van der Waals surface area contributed by atoms with Gasteiger partial charge in [-0.15, -0.1) is 0 Å². The van der Waals surface area contributed by atoms with Gasteiger partial charge < -0.3 is 15.3 Å². The van der Waals surface area contributed by atoms with Crippen LogP contribution in [0.3, 0.4) is 0 Å². The van der Waals surface area contributed by atoms with Gasteiger partial charge in [-0.25, -0.2) is 9.97 Å². The average Bonchev–Trinajstić information content (AvgIpc) is 3.45. The fourth-order valence-corrected chi connectivity index (χ4v) is 3.41. The van der Waals surface area contributed by atoms with Crippen molar-refractivity contribution in [1.82, 2.24) is 24.6 Å². The Labute approximate surface area is 158 Å². The molecule has 0 aromatic carbocycles. The number of amides is 1. The molecule has 2 aromatic rings. The van der Waals surface area contributed by atoms with Gasteiger partial charge in [-0.2, -0.15) is 5.10 Å². The topological polar surface area (TPSA) is 96.2 Å². The van der Waals surface area contributed by atoms with Gasteiger partial charge in [0.05, 0.1) is 23.5 Å². The highest BCUT2D eigenvalue weighted by Gasteiger charge is 2.33. The van der Waals surface area contributed by atoms with Crippen molar-refractivity contribution in [3.63, 3.8) is 0 Å². The summed E-state index contributed by atoms with van der Waals surface area (Å²) in [5, 5.41) is 18.0. The van der Waals surface area contributed by atoms with Gasteiger partial charge in [-0.3, -0.25) is 9.48 Å². The Morgan fingerprint density at radius 1 is 1.26 bits per heavy atom. The Balaban J connectivity index is 1.48. The largest absolute Gasteiger partial charge is 0.386 e. The molecule has 27 heavy (non-hydrogen) atoms. The molecule has 1 saturated carbocycles. The van der Waals surface area contributed by atoms with Gasteiger partial charge in [-0.05, 0) is 45.1 Å². The Morgan fingerprint density at radius 2 is 2.00 bits per heavy atom. The van der Waals surface area contributed by atoms with E-state index in [4.69, 9.17) is 0 Å². The maximum absolute atomic E-state index is 12.9. The summed E-state index contributed by atoms with van der Waals surface area (Å²) < 4.78 is 1.93. The van der Waals surface area contributed by atoms with Crippen LogP contribution in [0.2, 0.25) is 0 Å². The molecule has 0 bridgehead atoms. The molecule has 144 valence electrons. The number of hydrogen-bond acceptors (Lipinski definition) is 6. The van der Waals surface area contributed by atoms with Crippen LogP contribution in [-0.4, -0.2) is 48.2 Å². The summed E-state index contributed by atoms with van der Waals surface area (Å²) in [6.07, 6.45) is 5.62. The highest BCUT2D eigenvalue weighted by atomic mass is 16.3. The van der Waals surface area contributed by atoms with Crippen molar-refractivity contribution in [2.75, 3.05) is 11.9 Å². The monoisotopic (exact) mass is 370 g/mol. The molecule has 4 rings (SSSR count). The number of nitrogens with one attached hydrogen (secondary N) is 1. The molecule has 0 unspecified atom stereocenters. The molecule has 2 N–H and O–H groups in total. The molecule has 8 nitrogen and oxygen atoms in total. The van der Waals surface area contributed by atoms with Gasteiger partial charge in [0.1, 0.15) is 6.10 Å². The summed E-state index contributed by atoms with van der Waals surface area (Å²) >= 11 is 0. The van der Waals surface area contributed by atoms with Crippen LogP contribution in [-0.2, 0) is 13.1 Å². The second-order valence-corrected chi connectivity index (χ2v) is 7.74. The van der Waals surface area contributed by atoms with Crippen LogP contribution in [0, 0.1) is 5.92 Å². The van der Waals surface area contributed by atoms with E-state index in [-0.39, 0.29) is 11.9 Å². The Bertz CT molecular complexity index is 812. The third-order valence-electron chi connectivity index (χ3n) is 5.01. The van der Waals surface area contributed by atoms with E-state index in [0.717, 1.165) is 37.2 Å². The highest BCUT2D eigenvalue weighted by Crippen LogP contribution is 2.40. The normalized spacial score (nSPS) is 18.1. The molecule has 2 aromatic heterocycles. The van der Waals surface area contributed by atoms with Gasteiger partial charge in [0.2, 0.25) is 5.95 Å². The zero-order chi connectivity index (χ0) is 19.0. The Kier molecular flexibility index (Phi) is 4.82. The van der Waals surface area contributed by atoms with Crippen molar-refractivity contribution in [3.05, 3.63) is 35.4 Å². The summed E-state index contributed by atoms with van der Waals surface area (Å²) in [6.45, 7) is 5.92. The molecule has 1 aliphatic heterocycles. The second kappa shape index (κ2) is 7.26. The van der Waals surface area contributed by atoms with Crippen molar-refractivity contribution in [1.29, 1.82) is 0 Å². The summed E-state index contributed by atoms with van der Waals surface area (Å²) in [5.74, 6) is 0.788. The lowest BCUT2D eigenvalue weighted by Gasteiger charge is -2.20. The average molecular weight is 370 g/mol. The van der Waals surface area contributed by atoms with Gasteiger partial charge in [-0.1, -0.05) is 0 Å². The number of aliphatic hydroxyl groups is 1. The highest BCUT2D eigenvalue weighted by molar-refractivity contribution is 5.93. The number of rotatable bonds is 5. The predicted molar refractivity (Wildman–Crippen MR) is 100 cm³/mol. The maximum Gasteiger partial charge on any atom is 0.257 e. The van der Waals surface area contributed by atoms with Crippen molar-refractivity contribution in [2.45, 2.75) is 58.3 Å². The quantitative estimate of drug-likeness (QED) is 0.835. The standard InChI is InChI=1S/C19H26N6O2/c1-12(2)22-19-20-9-14(10-21-19)18(27)24-6-3-7-25-15(11-24)8-16(23-25)17(26)13-4-5-13/h8-10,12-13,17,26H,3-7,11H2,1-2H3,(H,20,21,22)/t17-/m1/s1. The number of hydrogen-bond donors (Lipinski definition) is 2. The van der Waals surface area contributed by atoms with E-state index >= 15 is 0 Å². The van der Waals surface area contributed by atoms with Crippen LogP contribution in [0.1, 0.15) is 61.0 Å². The SMILES string of the molecule is CC(C)Nc1ncc(C(=O)N2CCCn3nc([C@H](O)C4CC4)cc3C2)cn1. The van der Waals surface area contributed by atoms with Crippen LogP contribution in [0.5, 0.6) is 0 Å². The molecule has 8 heteroatoms. The minimum atomic E-state index is -0.483. The molecule has 0 radical (unpaired) electrons. The first-order chi connectivity index (χ1) is 13.0. The maximum atomic E-state index is 12.9. The molecule has 1 amide bonds. The predicted octanol–water partition coefficient (Wildman–Crippen LogP) is 1.98. The zero-order valence-corrected chi connectivity index (χ0v) is 15.8. The van der Waals surface area contributed by atoms with E-state index in [1.165, 1.54) is 0 Å². The lowest BCUT2D eigenvalue weighted by atomic mass is 10.1. The third-order valence-corrected chi connectivity index (χ3v) is 5.01. The van der Waals surface area contributed by atoms with Gasteiger partial charge >= 0.3 is 0 Å². The third kappa shape index (κ3) is 3.95. The second-order valence-electron chi connectivity index (χ2n) is 7.74. The van der Waals surface area contributed by atoms with Crippen LogP contribution < -0.4 is 5.32 Å². The summed E-state index contributed by atoms with van der Waals surface area (Å²) in [7, 11) is 0. The smallest absolute Gasteiger partial charge is 0.257 e. The number of aromatic nitrogens is 4. The molecular formula is C19H26N6O2. The van der Waals surface area contributed by atoms with Gasteiger partial charge in [0, 0.05) is 31.5 Å². The summed E-state index contributed by atoms with van der Waals surface area (Å²) in [6, 6.07) is 2.18. The molecule has 1 atom stereocenters. The Morgan fingerprint density at radius 3 is 2.67 bits per heavy atom. The number of nitrogens with zero attached hydrogens (tertiary/aromatic N) is 5. The van der Waals surface area contributed by atoms with E-state index in [1.54, 1.807) is 12.4 Å². The van der Waals surface area contributed by atoms with Gasteiger partial charge in [0.25, 0.3) is 5.91 Å². The first-order valence-corrected chi connectivity index (χ1v) is 9.64. The minimum absolute atomic E-state index is 0.0787. The van der Waals surface area contributed by atoms with E-state index in [0.29, 0.717) is 30.5 Å². The van der Waals surface area contributed by atoms with Crippen molar-refractivity contribution in [3.8, 4) is 0 Å². The first-order valence-electron chi connectivity index (χ1n) is 9.64. The molecule has 1 fully saturated rings. The van der Waals surface area contributed by atoms with Crippen LogP contribution in [0.4, 0.5) is 5.95 Å². The number of aryl methyl sites for hydroxylation is 1. The molecular weight excluding hydrogens is 344 g/mol. The first kappa shape index (κ1) is 17.9. The van der Waals surface area contributed by atoms with Gasteiger partial charge in [0.15, 0.2) is 0 Å². The van der Waals surface area contributed by atoms with E-state index in [9.17, 15) is 9.90 Å². The molecule has 1 aliphatic carbocycles. The number of anilines is 1. The zero-order valence-electron chi connectivity index (χ0n) is 15.8. The molecule has 0 saturated heterocycles. The van der Waals surface area contributed by atoms with Crippen LogP contribution in [0.25, 0.3) is 0 Å². The lowest BCUT2D eigenvalue weighted by molar-refractivity contribution is 0.0745. The summed E-state index contributed by atoms with van der Waals surface area (Å²) in [4.78, 5) is 23.2. The molecule has 2 aliphatic rings. The van der Waals surface area contributed by atoms with Crippen molar-refractivity contribution in [2.24, 2.45) is 5.92 Å². The fraction of sp³-hybridized carbons (Fsp3) is 0.579. The fourth-order valence-electron chi connectivity index (χ4n) is 3.41. The number of aliphatic hydroxyl groups excluding tert-OH is 1. The minimum Gasteiger partial charge on any atom is -0.386 e. The van der Waals surface area contributed by atoms with Crippen LogP contribution >= 0.6 is 0 Å². The lowest BCUT2D eigenvalue weighted by Crippen LogP contribution is -2.31. The van der Waals surface area contributed by atoms with Crippen LogP contribution in [0.15, 0.2) is 18.5 Å². The van der Waals surface area contributed by atoms with E-state index < -0.39 is 6.10 Å². The van der Waals surface area contributed by atoms with Crippen molar-refractivity contribution < 1.29 is 9.90 Å². The van der Waals surface area contributed by atoms with E-state index in [1.807, 2.05) is 29.5 Å². The summed E-state index contributed by atoms with van der Waals surface area (Å²) in [5.41, 5.74) is 2.18.